The molecule has 100 valence electrons. The molecule has 19 heavy (non-hydrogen) atoms. The van der Waals surface area contributed by atoms with Crippen LogP contribution in [-0.4, -0.2) is 21.2 Å². The van der Waals surface area contributed by atoms with Crippen molar-refractivity contribution in [2.75, 3.05) is 6.16 Å². The van der Waals surface area contributed by atoms with Crippen molar-refractivity contribution >= 4 is 8.58 Å². The van der Waals surface area contributed by atoms with Crippen LogP contribution in [0.15, 0.2) is 24.5 Å². The minimum absolute atomic E-state index is 0.00100. The fourth-order valence-electron chi connectivity index (χ4n) is 1.62. The van der Waals surface area contributed by atoms with Gasteiger partial charge in [-0.3, -0.25) is 0 Å². The van der Waals surface area contributed by atoms with E-state index >= 15 is 0 Å². The molecule has 0 radical (unpaired) electrons. The molecule has 0 saturated heterocycles. The van der Waals surface area contributed by atoms with Gasteiger partial charge in [0.15, 0.2) is 23.2 Å². The second-order valence-electron chi connectivity index (χ2n) is 3.95. The van der Waals surface area contributed by atoms with Gasteiger partial charge >= 0.3 is 0 Å². The maximum absolute atomic E-state index is 14.0. The molecule has 1 aromatic carbocycles. The van der Waals surface area contributed by atoms with Crippen LogP contribution in [0.25, 0.3) is 11.4 Å². The summed E-state index contributed by atoms with van der Waals surface area (Å²) in [4.78, 5) is 7.55. The fraction of sp³-hybridized carbons (Fsp3) is 0.231. The van der Waals surface area contributed by atoms with Gasteiger partial charge in [-0.15, -0.1) is 8.58 Å². The van der Waals surface area contributed by atoms with Crippen LogP contribution in [0.2, 0.25) is 0 Å². The smallest absolute Gasteiger partial charge is 0.170 e. The second-order valence-corrected chi connectivity index (χ2v) is 5.51. The third kappa shape index (κ3) is 3.04. The van der Waals surface area contributed by atoms with Gasteiger partial charge in [0.2, 0.25) is 0 Å². The quantitative estimate of drug-likeness (QED) is 0.875. The van der Waals surface area contributed by atoms with Crippen molar-refractivity contribution in [3.8, 4) is 17.1 Å². The standard InChI is InChI=1S/C13H13F2N2OP/c1-2-19-7-8-3-4-10(12(15)11(8)14)13-16-5-9(18)6-17-13/h3-6,18-19H,2,7H2,1H3. The molecule has 0 aliphatic carbocycles. The van der Waals surface area contributed by atoms with Crippen LogP contribution < -0.4 is 0 Å². The van der Waals surface area contributed by atoms with Crippen molar-refractivity contribution in [1.82, 2.24) is 9.97 Å². The Bertz CT molecular complexity index is 576. The third-order valence-electron chi connectivity index (χ3n) is 2.61. The van der Waals surface area contributed by atoms with E-state index < -0.39 is 11.6 Å². The normalized spacial score (nSPS) is 11.3. The summed E-state index contributed by atoms with van der Waals surface area (Å²) in [6.07, 6.45) is 3.78. The lowest BCUT2D eigenvalue weighted by molar-refractivity contribution is 0.469. The van der Waals surface area contributed by atoms with E-state index in [1.54, 1.807) is 6.07 Å². The predicted octanol–water partition coefficient (Wildman–Crippen LogP) is 3.33. The molecule has 0 bridgehead atoms. The van der Waals surface area contributed by atoms with Crippen LogP contribution in [0.5, 0.6) is 5.75 Å². The van der Waals surface area contributed by atoms with Gasteiger partial charge in [-0.05, 0) is 24.0 Å². The van der Waals surface area contributed by atoms with Crippen LogP contribution in [0.3, 0.4) is 0 Å². The molecular weight excluding hydrogens is 269 g/mol. The van der Waals surface area contributed by atoms with Crippen molar-refractivity contribution in [1.29, 1.82) is 0 Å². The maximum atomic E-state index is 14.0. The molecule has 0 aliphatic rings. The fourth-order valence-corrected chi connectivity index (χ4v) is 2.41. The topological polar surface area (TPSA) is 46.0 Å². The lowest BCUT2D eigenvalue weighted by Gasteiger charge is -2.07. The Balaban J connectivity index is 2.38. The summed E-state index contributed by atoms with van der Waals surface area (Å²) in [6, 6.07) is 3.03. The van der Waals surface area contributed by atoms with Crippen molar-refractivity contribution in [2.24, 2.45) is 0 Å². The number of rotatable bonds is 4. The van der Waals surface area contributed by atoms with Crippen LogP contribution in [0, 0.1) is 11.6 Å². The van der Waals surface area contributed by atoms with Crippen molar-refractivity contribution < 1.29 is 13.9 Å². The monoisotopic (exact) mass is 282 g/mol. The maximum Gasteiger partial charge on any atom is 0.170 e. The Morgan fingerprint density at radius 2 is 1.84 bits per heavy atom. The molecule has 2 aromatic rings. The average Bonchev–Trinajstić information content (AvgIpc) is 2.42. The summed E-state index contributed by atoms with van der Waals surface area (Å²) in [5.74, 6) is -1.84. The highest BCUT2D eigenvalue weighted by Gasteiger charge is 2.16. The molecule has 1 heterocycles. The average molecular weight is 282 g/mol. The first-order valence-corrected chi connectivity index (χ1v) is 7.24. The van der Waals surface area contributed by atoms with E-state index in [1.165, 1.54) is 6.07 Å². The minimum Gasteiger partial charge on any atom is -0.505 e. The first-order chi connectivity index (χ1) is 9.13. The van der Waals surface area contributed by atoms with E-state index in [4.69, 9.17) is 5.11 Å². The van der Waals surface area contributed by atoms with Crippen molar-refractivity contribution in [3.63, 3.8) is 0 Å². The molecule has 0 fully saturated rings. The highest BCUT2D eigenvalue weighted by Crippen LogP contribution is 2.27. The molecule has 1 atom stereocenters. The summed E-state index contributed by atoms with van der Waals surface area (Å²) >= 11 is 0. The number of aromatic nitrogens is 2. The van der Waals surface area contributed by atoms with E-state index in [9.17, 15) is 8.78 Å². The Morgan fingerprint density at radius 1 is 1.16 bits per heavy atom. The molecule has 2 rings (SSSR count). The zero-order chi connectivity index (χ0) is 13.8. The molecule has 6 heteroatoms. The molecule has 1 aromatic heterocycles. The van der Waals surface area contributed by atoms with Crippen molar-refractivity contribution in [2.45, 2.75) is 13.1 Å². The molecule has 3 nitrogen and oxygen atoms in total. The first kappa shape index (κ1) is 13.8. The van der Waals surface area contributed by atoms with Crippen LogP contribution in [0.1, 0.15) is 12.5 Å². The molecule has 1 unspecified atom stereocenters. The zero-order valence-corrected chi connectivity index (χ0v) is 11.3. The lowest BCUT2D eigenvalue weighted by Crippen LogP contribution is -1.98. The molecule has 0 spiro atoms. The zero-order valence-electron chi connectivity index (χ0n) is 10.3. The highest BCUT2D eigenvalue weighted by molar-refractivity contribution is 7.37. The Labute approximate surface area is 111 Å². The molecular formula is C13H13F2N2OP. The van der Waals surface area contributed by atoms with Crippen molar-refractivity contribution in [3.05, 3.63) is 41.7 Å². The molecule has 0 aliphatic heterocycles. The summed E-state index contributed by atoms with van der Waals surface area (Å²) in [6.45, 7) is 2.01. The van der Waals surface area contributed by atoms with E-state index in [2.05, 4.69) is 9.97 Å². The number of halogens is 2. The van der Waals surface area contributed by atoms with E-state index in [-0.39, 0.29) is 17.1 Å². The van der Waals surface area contributed by atoms with Gasteiger partial charge < -0.3 is 5.11 Å². The largest absolute Gasteiger partial charge is 0.505 e. The Hall–Kier alpha value is -1.61. The Morgan fingerprint density at radius 3 is 2.47 bits per heavy atom. The number of benzene rings is 1. The van der Waals surface area contributed by atoms with Gasteiger partial charge in [0.05, 0.1) is 18.0 Å². The van der Waals surface area contributed by atoms with Gasteiger partial charge in [0.1, 0.15) is 0 Å². The molecule has 0 amide bonds. The van der Waals surface area contributed by atoms with Gasteiger partial charge in [-0.25, -0.2) is 18.7 Å². The number of hydrogen-bond acceptors (Lipinski definition) is 3. The van der Waals surface area contributed by atoms with Gasteiger partial charge in [0.25, 0.3) is 0 Å². The summed E-state index contributed by atoms with van der Waals surface area (Å²) in [5.41, 5.74) is 0.376. The Kier molecular flexibility index (Phi) is 4.38. The predicted molar refractivity (Wildman–Crippen MR) is 71.6 cm³/mol. The van der Waals surface area contributed by atoms with Crippen LogP contribution >= 0.6 is 8.58 Å². The van der Waals surface area contributed by atoms with Crippen LogP contribution in [0.4, 0.5) is 8.78 Å². The van der Waals surface area contributed by atoms with E-state index in [0.29, 0.717) is 20.3 Å². The lowest BCUT2D eigenvalue weighted by atomic mass is 10.1. The SMILES string of the molecule is CCPCc1ccc(-c2ncc(O)cn2)c(F)c1F. The number of hydrogen-bond donors (Lipinski definition) is 1. The summed E-state index contributed by atoms with van der Waals surface area (Å²) < 4.78 is 27.8. The molecule has 0 saturated carbocycles. The number of aromatic hydroxyl groups is 1. The molecule has 1 N–H and O–H groups in total. The third-order valence-corrected chi connectivity index (χ3v) is 3.74. The van der Waals surface area contributed by atoms with E-state index in [0.717, 1.165) is 18.6 Å². The van der Waals surface area contributed by atoms with Gasteiger partial charge in [-0.2, -0.15) is 0 Å². The minimum atomic E-state index is -0.941. The van der Waals surface area contributed by atoms with Crippen LogP contribution in [-0.2, 0) is 6.16 Å². The van der Waals surface area contributed by atoms with E-state index in [1.807, 2.05) is 6.92 Å². The summed E-state index contributed by atoms with van der Waals surface area (Å²) in [7, 11) is 0.576. The van der Waals surface area contributed by atoms with Gasteiger partial charge in [-0.1, -0.05) is 13.0 Å². The van der Waals surface area contributed by atoms with Gasteiger partial charge in [0, 0.05) is 0 Å². The number of nitrogens with zero attached hydrogens (tertiary/aromatic N) is 2. The summed E-state index contributed by atoms with van der Waals surface area (Å²) in [5, 5.41) is 9.08. The second kappa shape index (κ2) is 6.02. The highest BCUT2D eigenvalue weighted by atomic mass is 31.1. The first-order valence-electron chi connectivity index (χ1n) is 5.82.